The van der Waals surface area contributed by atoms with Gasteiger partial charge in [0, 0.05) is 22.6 Å². The second-order valence-electron chi connectivity index (χ2n) is 6.46. The number of hydrogen-bond donors (Lipinski definition) is 1. The molecule has 0 aliphatic rings. The smallest absolute Gasteiger partial charge is 0.303 e. The summed E-state index contributed by atoms with van der Waals surface area (Å²) in [4.78, 5) is 11.2. The molecule has 0 fully saturated rings. The Balaban J connectivity index is 1.83. The van der Waals surface area contributed by atoms with Gasteiger partial charge in [-0.05, 0) is 60.3 Å². The number of carboxylic acid groups (broad SMARTS) is 1. The highest BCUT2D eigenvalue weighted by atomic mass is 35.5. The molecule has 8 heteroatoms. The lowest BCUT2D eigenvalue weighted by Crippen LogP contribution is -2.03. The van der Waals surface area contributed by atoms with E-state index in [4.69, 9.17) is 21.4 Å². The zero-order valence-corrected chi connectivity index (χ0v) is 17.1. The monoisotopic (exact) mass is 437 g/mol. The number of carbonyl (C=O) groups is 1. The van der Waals surface area contributed by atoms with Crippen LogP contribution < -0.4 is 4.74 Å². The number of aliphatic carboxylic acids is 1. The molecule has 0 saturated heterocycles. The van der Waals surface area contributed by atoms with E-state index in [1.165, 1.54) is 12.1 Å². The lowest BCUT2D eigenvalue weighted by atomic mass is 10.0. The van der Waals surface area contributed by atoms with Crippen molar-refractivity contribution in [3.63, 3.8) is 0 Å². The van der Waals surface area contributed by atoms with E-state index < -0.39 is 18.5 Å². The number of carboxylic acids is 1. The molecular weight excluding hydrogens is 420 g/mol. The van der Waals surface area contributed by atoms with Crippen molar-refractivity contribution in [2.75, 3.05) is 0 Å². The standard InChI is InChI=1S/C21H18ClF2NO3S/c1-12-8-18(17(24)9-14(12)4-7-20(26)27)28-11-16-19(10-23)29-25-21(16)13-2-5-15(22)6-3-13/h2-3,5-6,8-9H,4,7,10-11H2,1H3,(H,26,27). The maximum atomic E-state index is 14.5. The van der Waals surface area contributed by atoms with E-state index in [1.807, 2.05) is 0 Å². The molecule has 0 bridgehead atoms. The summed E-state index contributed by atoms with van der Waals surface area (Å²) in [6, 6.07) is 9.82. The summed E-state index contributed by atoms with van der Waals surface area (Å²) >= 11 is 6.96. The SMILES string of the molecule is Cc1cc(OCc2c(-c3ccc(Cl)cc3)nsc2CF)c(F)cc1CCC(=O)O. The van der Waals surface area contributed by atoms with Crippen LogP contribution in [-0.2, 0) is 24.5 Å². The van der Waals surface area contributed by atoms with Gasteiger partial charge < -0.3 is 9.84 Å². The summed E-state index contributed by atoms with van der Waals surface area (Å²) < 4.78 is 37.9. The van der Waals surface area contributed by atoms with Gasteiger partial charge in [0.15, 0.2) is 11.6 Å². The fraction of sp³-hybridized carbons (Fsp3) is 0.238. The van der Waals surface area contributed by atoms with Gasteiger partial charge in [0.05, 0.1) is 10.6 Å². The van der Waals surface area contributed by atoms with Gasteiger partial charge in [-0.1, -0.05) is 23.7 Å². The number of ether oxygens (including phenoxy) is 1. The number of rotatable bonds is 8. The molecule has 0 aliphatic carbocycles. The van der Waals surface area contributed by atoms with Crippen LogP contribution in [0.3, 0.4) is 0 Å². The van der Waals surface area contributed by atoms with Crippen LogP contribution in [0, 0.1) is 12.7 Å². The Bertz CT molecular complexity index is 1020. The first-order valence-corrected chi connectivity index (χ1v) is 9.97. The van der Waals surface area contributed by atoms with Crippen LogP contribution >= 0.6 is 23.1 Å². The summed E-state index contributed by atoms with van der Waals surface area (Å²) in [5, 5.41) is 9.38. The van der Waals surface area contributed by atoms with Gasteiger partial charge >= 0.3 is 5.97 Å². The average molecular weight is 438 g/mol. The van der Waals surface area contributed by atoms with Gasteiger partial charge in [-0.25, -0.2) is 8.78 Å². The van der Waals surface area contributed by atoms with Crippen molar-refractivity contribution < 1.29 is 23.4 Å². The van der Waals surface area contributed by atoms with Crippen LogP contribution in [0.25, 0.3) is 11.3 Å². The molecule has 1 heterocycles. The second-order valence-corrected chi connectivity index (χ2v) is 7.76. The molecule has 3 rings (SSSR count). The lowest BCUT2D eigenvalue weighted by molar-refractivity contribution is -0.136. The molecule has 0 saturated carbocycles. The van der Waals surface area contributed by atoms with E-state index in [-0.39, 0.29) is 25.2 Å². The molecule has 0 amide bonds. The van der Waals surface area contributed by atoms with Crippen LogP contribution in [-0.4, -0.2) is 15.4 Å². The molecule has 0 unspecified atom stereocenters. The van der Waals surface area contributed by atoms with Gasteiger partial charge in [-0.3, -0.25) is 4.79 Å². The van der Waals surface area contributed by atoms with Crippen molar-refractivity contribution in [3.8, 4) is 17.0 Å². The molecule has 1 aromatic heterocycles. The predicted molar refractivity (Wildman–Crippen MR) is 109 cm³/mol. The van der Waals surface area contributed by atoms with Crippen LogP contribution in [0.5, 0.6) is 5.75 Å². The second kappa shape index (κ2) is 9.33. The summed E-state index contributed by atoms with van der Waals surface area (Å²) in [6.07, 6.45) is 0.158. The number of hydrogen-bond acceptors (Lipinski definition) is 4. The molecule has 0 atom stereocenters. The fourth-order valence-corrected chi connectivity index (χ4v) is 3.76. The minimum absolute atomic E-state index is 0.0274. The quantitative estimate of drug-likeness (QED) is 0.471. The van der Waals surface area contributed by atoms with E-state index in [1.54, 1.807) is 31.2 Å². The molecule has 0 spiro atoms. The van der Waals surface area contributed by atoms with Crippen molar-refractivity contribution >= 4 is 29.1 Å². The van der Waals surface area contributed by atoms with Crippen LogP contribution in [0.2, 0.25) is 5.02 Å². The molecule has 2 aromatic carbocycles. The minimum Gasteiger partial charge on any atom is -0.486 e. The van der Waals surface area contributed by atoms with E-state index >= 15 is 0 Å². The third-order valence-corrected chi connectivity index (χ3v) is 5.58. The van der Waals surface area contributed by atoms with Gasteiger partial charge in [0.1, 0.15) is 13.3 Å². The normalized spacial score (nSPS) is 10.9. The third-order valence-electron chi connectivity index (χ3n) is 4.48. The Morgan fingerprint density at radius 1 is 1.28 bits per heavy atom. The van der Waals surface area contributed by atoms with Gasteiger partial charge in [-0.2, -0.15) is 4.37 Å². The molecule has 29 heavy (non-hydrogen) atoms. The fourth-order valence-electron chi connectivity index (χ4n) is 2.90. The molecule has 0 radical (unpaired) electrons. The molecule has 3 aromatic rings. The number of alkyl halides is 1. The van der Waals surface area contributed by atoms with E-state index in [0.717, 1.165) is 22.7 Å². The molecular formula is C21H18ClF2NO3S. The zero-order chi connectivity index (χ0) is 21.0. The Labute approximate surface area is 175 Å². The average Bonchev–Trinajstić information content (AvgIpc) is 3.10. The largest absolute Gasteiger partial charge is 0.486 e. The first kappa shape index (κ1) is 21.2. The Kier molecular flexibility index (Phi) is 6.82. The number of nitrogens with zero attached hydrogens (tertiary/aromatic N) is 1. The number of aryl methyl sites for hydroxylation is 2. The van der Waals surface area contributed by atoms with Gasteiger partial charge in [0.2, 0.25) is 0 Å². The summed E-state index contributed by atoms with van der Waals surface area (Å²) in [5.74, 6) is -1.50. The first-order chi connectivity index (χ1) is 13.9. The van der Waals surface area contributed by atoms with E-state index in [0.29, 0.717) is 26.7 Å². The maximum Gasteiger partial charge on any atom is 0.303 e. The predicted octanol–water partition coefficient (Wildman–Crippen LogP) is 5.98. The third kappa shape index (κ3) is 5.10. The summed E-state index contributed by atoms with van der Waals surface area (Å²) in [7, 11) is 0. The number of aromatic nitrogens is 1. The summed E-state index contributed by atoms with van der Waals surface area (Å²) in [5.41, 5.74) is 3.25. The molecule has 1 N–H and O–H groups in total. The van der Waals surface area contributed by atoms with Crippen LogP contribution in [0.15, 0.2) is 36.4 Å². The van der Waals surface area contributed by atoms with Crippen LogP contribution in [0.1, 0.15) is 28.0 Å². The van der Waals surface area contributed by atoms with Crippen molar-refractivity contribution in [2.24, 2.45) is 0 Å². The maximum absolute atomic E-state index is 14.5. The molecule has 152 valence electrons. The van der Waals surface area contributed by atoms with Gasteiger partial charge in [-0.15, -0.1) is 0 Å². The van der Waals surface area contributed by atoms with Gasteiger partial charge in [0.25, 0.3) is 0 Å². The van der Waals surface area contributed by atoms with E-state index in [2.05, 4.69) is 4.37 Å². The van der Waals surface area contributed by atoms with Crippen molar-refractivity contribution in [3.05, 3.63) is 68.8 Å². The molecule has 0 aliphatic heterocycles. The Morgan fingerprint density at radius 3 is 2.66 bits per heavy atom. The number of halogens is 3. The highest BCUT2D eigenvalue weighted by molar-refractivity contribution is 7.06. The van der Waals surface area contributed by atoms with E-state index in [9.17, 15) is 13.6 Å². The highest BCUT2D eigenvalue weighted by Crippen LogP contribution is 2.32. The Morgan fingerprint density at radius 2 is 2.00 bits per heavy atom. The van der Waals surface area contributed by atoms with Crippen molar-refractivity contribution in [2.45, 2.75) is 33.0 Å². The topological polar surface area (TPSA) is 59.4 Å². The molecule has 4 nitrogen and oxygen atoms in total. The van der Waals surface area contributed by atoms with Crippen molar-refractivity contribution in [1.82, 2.24) is 4.37 Å². The number of benzene rings is 2. The first-order valence-electron chi connectivity index (χ1n) is 8.82. The Hall–Kier alpha value is -2.51. The zero-order valence-electron chi connectivity index (χ0n) is 15.5. The lowest BCUT2D eigenvalue weighted by Gasteiger charge is -2.12. The highest BCUT2D eigenvalue weighted by Gasteiger charge is 2.18. The minimum atomic E-state index is -0.941. The van der Waals surface area contributed by atoms with Crippen molar-refractivity contribution in [1.29, 1.82) is 0 Å². The summed E-state index contributed by atoms with van der Waals surface area (Å²) in [6.45, 7) is 1.03. The van der Waals surface area contributed by atoms with Crippen LogP contribution in [0.4, 0.5) is 8.78 Å².